The van der Waals surface area contributed by atoms with Gasteiger partial charge in [-0.1, -0.05) is 44.5 Å². The molecule has 0 aromatic heterocycles. The fourth-order valence-electron chi connectivity index (χ4n) is 6.04. The number of sulfonamides is 1. The minimum Gasteiger partial charge on any atom is -0.385 e. The molecular formula is C22H30N2O3S. The lowest BCUT2D eigenvalue weighted by atomic mass is 9.54. The van der Waals surface area contributed by atoms with Crippen LogP contribution < -0.4 is 4.83 Å². The third kappa shape index (κ3) is 3.52. The van der Waals surface area contributed by atoms with Gasteiger partial charge in [0.25, 0.3) is 10.0 Å². The van der Waals surface area contributed by atoms with E-state index in [2.05, 4.69) is 30.7 Å². The number of hydrogen-bond donors (Lipinski definition) is 2. The summed E-state index contributed by atoms with van der Waals surface area (Å²) in [6.45, 7) is 6.66. The summed E-state index contributed by atoms with van der Waals surface area (Å²) in [6, 6.07) is 8.28. The molecule has 4 rings (SSSR count). The Labute approximate surface area is 168 Å². The first-order valence-corrected chi connectivity index (χ1v) is 11.7. The highest BCUT2D eigenvalue weighted by Gasteiger charge is 2.52. The summed E-state index contributed by atoms with van der Waals surface area (Å²) >= 11 is 0. The van der Waals surface area contributed by atoms with Gasteiger partial charge in [0.2, 0.25) is 0 Å². The van der Waals surface area contributed by atoms with Crippen molar-refractivity contribution in [3.63, 3.8) is 0 Å². The van der Waals surface area contributed by atoms with E-state index in [4.69, 9.17) is 0 Å². The molecule has 2 bridgehead atoms. The van der Waals surface area contributed by atoms with Gasteiger partial charge in [-0.2, -0.15) is 18.4 Å². The molecule has 4 atom stereocenters. The zero-order valence-corrected chi connectivity index (χ0v) is 17.7. The average molecular weight is 403 g/mol. The monoisotopic (exact) mass is 402 g/mol. The highest BCUT2D eigenvalue weighted by atomic mass is 32.2. The van der Waals surface area contributed by atoms with Crippen LogP contribution in [0.15, 0.2) is 51.5 Å². The maximum absolute atomic E-state index is 12.6. The molecule has 0 unspecified atom stereocenters. The molecule has 3 aliphatic rings. The zero-order valence-electron chi connectivity index (χ0n) is 16.9. The van der Waals surface area contributed by atoms with Gasteiger partial charge in [-0.25, -0.2) is 0 Å². The molecule has 5 nitrogen and oxygen atoms in total. The fraction of sp³-hybridized carbons (Fsp3) is 0.591. The summed E-state index contributed by atoms with van der Waals surface area (Å²) in [5, 5.41) is 16.0. The molecule has 2 N–H and O–H groups in total. The van der Waals surface area contributed by atoms with E-state index in [9.17, 15) is 13.5 Å². The molecule has 1 saturated carbocycles. The Morgan fingerprint density at radius 3 is 2.54 bits per heavy atom. The summed E-state index contributed by atoms with van der Waals surface area (Å²) in [5.41, 5.74) is 2.14. The summed E-state index contributed by atoms with van der Waals surface area (Å²) < 4.78 is 25.2. The second-order valence-electron chi connectivity index (χ2n) is 9.67. The number of aliphatic hydroxyl groups is 1. The van der Waals surface area contributed by atoms with Crippen LogP contribution in [0, 0.1) is 17.3 Å². The first-order valence-electron chi connectivity index (χ1n) is 10.2. The summed E-state index contributed by atoms with van der Waals surface area (Å²) in [6.07, 6.45) is 5.22. The number of hydrazone groups is 1. The fourth-order valence-corrected chi connectivity index (χ4v) is 6.89. The summed E-state index contributed by atoms with van der Waals surface area (Å²) in [4.78, 5) is 2.62. The largest absolute Gasteiger partial charge is 0.385 e. The number of nitrogens with one attached hydrogen (secondary N) is 1. The van der Waals surface area contributed by atoms with Gasteiger partial charge in [-0.15, -0.1) is 0 Å². The first kappa shape index (κ1) is 19.6. The lowest BCUT2D eigenvalue weighted by Crippen LogP contribution is -2.51. The lowest BCUT2D eigenvalue weighted by Gasteiger charge is -2.54. The van der Waals surface area contributed by atoms with E-state index >= 15 is 0 Å². The number of nitrogens with zero attached hydrogens (tertiary/aromatic N) is 1. The van der Waals surface area contributed by atoms with Crippen molar-refractivity contribution in [1.29, 1.82) is 0 Å². The predicted molar refractivity (Wildman–Crippen MR) is 110 cm³/mol. The zero-order chi connectivity index (χ0) is 20.2. The third-order valence-electron chi connectivity index (χ3n) is 6.49. The van der Waals surface area contributed by atoms with Gasteiger partial charge in [0.1, 0.15) is 0 Å². The van der Waals surface area contributed by atoms with E-state index in [-0.39, 0.29) is 10.3 Å². The minimum absolute atomic E-state index is 0.122. The minimum atomic E-state index is -3.72. The number of allylic oxidation sites excluding steroid dienone is 1. The number of rotatable bonds is 3. The third-order valence-corrected chi connectivity index (χ3v) is 7.71. The number of hydrogen-bond acceptors (Lipinski definition) is 4. The van der Waals surface area contributed by atoms with Crippen molar-refractivity contribution in [2.45, 2.75) is 69.8 Å². The van der Waals surface area contributed by atoms with Crippen LogP contribution in [0.4, 0.5) is 0 Å². The average Bonchev–Trinajstić information content (AvgIpc) is 2.58. The molecule has 0 aliphatic heterocycles. The van der Waals surface area contributed by atoms with Crippen molar-refractivity contribution >= 4 is 15.7 Å². The predicted octanol–water partition coefficient (Wildman–Crippen LogP) is 4.01. The van der Waals surface area contributed by atoms with E-state index in [1.807, 2.05) is 0 Å². The smallest absolute Gasteiger partial charge is 0.276 e. The van der Waals surface area contributed by atoms with E-state index in [0.717, 1.165) is 37.7 Å². The molecule has 152 valence electrons. The van der Waals surface area contributed by atoms with Crippen LogP contribution in [0.5, 0.6) is 0 Å². The Morgan fingerprint density at radius 1 is 1.11 bits per heavy atom. The van der Waals surface area contributed by atoms with Gasteiger partial charge in [0, 0.05) is 5.57 Å². The van der Waals surface area contributed by atoms with E-state index in [0.29, 0.717) is 24.0 Å². The molecule has 3 aliphatic carbocycles. The van der Waals surface area contributed by atoms with Crippen LogP contribution in [-0.4, -0.2) is 24.8 Å². The van der Waals surface area contributed by atoms with Crippen molar-refractivity contribution in [3.8, 4) is 0 Å². The molecule has 0 saturated heterocycles. The van der Waals surface area contributed by atoms with Gasteiger partial charge >= 0.3 is 0 Å². The van der Waals surface area contributed by atoms with E-state index < -0.39 is 15.6 Å². The van der Waals surface area contributed by atoms with Crippen LogP contribution in [0.1, 0.15) is 59.3 Å². The molecular weight excluding hydrogens is 372 g/mol. The highest BCUT2D eigenvalue weighted by molar-refractivity contribution is 7.89. The maximum Gasteiger partial charge on any atom is 0.276 e. The normalized spacial score (nSPS) is 36.9. The van der Waals surface area contributed by atoms with Crippen LogP contribution in [-0.2, 0) is 10.0 Å². The van der Waals surface area contributed by atoms with Crippen molar-refractivity contribution in [2.75, 3.05) is 0 Å². The van der Waals surface area contributed by atoms with Gasteiger partial charge in [-0.05, 0) is 67.9 Å². The number of fused-ring (bicyclic) bond motifs is 3. The van der Waals surface area contributed by atoms with Gasteiger partial charge in [0.15, 0.2) is 0 Å². The molecule has 28 heavy (non-hydrogen) atoms. The molecule has 0 radical (unpaired) electrons. The van der Waals surface area contributed by atoms with Crippen LogP contribution in [0.3, 0.4) is 0 Å². The highest BCUT2D eigenvalue weighted by Crippen LogP contribution is 2.57. The quantitative estimate of drug-likeness (QED) is 0.750. The molecule has 6 heteroatoms. The van der Waals surface area contributed by atoms with Gasteiger partial charge < -0.3 is 5.11 Å². The Bertz CT molecular complexity index is 938. The molecule has 1 aromatic rings. The number of benzene rings is 1. The van der Waals surface area contributed by atoms with Crippen LogP contribution in [0.2, 0.25) is 0 Å². The second kappa shape index (κ2) is 6.70. The molecule has 1 aromatic carbocycles. The van der Waals surface area contributed by atoms with Gasteiger partial charge in [0.05, 0.1) is 16.2 Å². The van der Waals surface area contributed by atoms with Crippen LogP contribution in [0.25, 0.3) is 0 Å². The Balaban J connectivity index is 1.72. The SMILES string of the molecule is C[C@H]1CC(=NNS(=O)(=O)c2ccccc2)C2=C(C1)C[C@@]1(C)C[C@H](C)C[C@@]2(O)C1. The topological polar surface area (TPSA) is 78.8 Å². The molecule has 0 heterocycles. The summed E-state index contributed by atoms with van der Waals surface area (Å²) in [7, 11) is -3.72. The molecule has 0 spiro atoms. The van der Waals surface area contributed by atoms with E-state index in [1.165, 1.54) is 5.57 Å². The Morgan fingerprint density at radius 2 is 1.82 bits per heavy atom. The maximum atomic E-state index is 12.6. The Kier molecular flexibility index (Phi) is 4.70. The van der Waals surface area contributed by atoms with Crippen LogP contribution >= 0.6 is 0 Å². The summed E-state index contributed by atoms with van der Waals surface area (Å²) in [5.74, 6) is 0.835. The first-order chi connectivity index (χ1) is 13.1. The van der Waals surface area contributed by atoms with Crippen molar-refractivity contribution in [3.05, 3.63) is 41.5 Å². The van der Waals surface area contributed by atoms with E-state index in [1.54, 1.807) is 30.3 Å². The molecule has 1 fully saturated rings. The van der Waals surface area contributed by atoms with Crippen molar-refractivity contribution in [2.24, 2.45) is 22.4 Å². The second-order valence-corrected chi connectivity index (χ2v) is 11.3. The standard InChI is InChI=1S/C22H30N2O3S/c1-15-9-17-13-21(3)11-16(2)12-22(25,14-21)20(17)19(10-15)23-24-28(26,27)18-7-5-4-6-8-18/h4-8,15-16,24-25H,9-14H2,1-3H3/t15-,16+,21-,22-/m1/s1. The van der Waals surface area contributed by atoms with Crippen molar-refractivity contribution in [1.82, 2.24) is 4.83 Å². The Hall–Kier alpha value is -1.66. The lowest BCUT2D eigenvalue weighted by molar-refractivity contribution is -0.0449. The van der Waals surface area contributed by atoms with Gasteiger partial charge in [-0.3, -0.25) is 0 Å². The molecule has 0 amide bonds. The van der Waals surface area contributed by atoms with Crippen molar-refractivity contribution < 1.29 is 13.5 Å².